The Kier molecular flexibility index (Phi) is 5.21. The van der Waals surface area contributed by atoms with E-state index in [2.05, 4.69) is 21.6 Å². The Bertz CT molecular complexity index is 1030. The smallest absolute Gasteiger partial charge is 0.178 e. The summed E-state index contributed by atoms with van der Waals surface area (Å²) in [5.74, 6) is 0.677. The van der Waals surface area contributed by atoms with Crippen molar-refractivity contribution in [3.8, 4) is 11.8 Å². The van der Waals surface area contributed by atoms with Crippen molar-refractivity contribution < 1.29 is 9.90 Å². The van der Waals surface area contributed by atoms with Gasteiger partial charge in [0.15, 0.2) is 5.78 Å². The van der Waals surface area contributed by atoms with Crippen molar-refractivity contribution in [3.63, 3.8) is 0 Å². The van der Waals surface area contributed by atoms with Crippen LogP contribution in [0.1, 0.15) is 59.4 Å². The number of Topliss-reactive ketones (excluding diaryl/α,β-unsaturated/α-hetero) is 1. The average Bonchev–Trinajstić information content (AvgIpc) is 3.37. The number of aliphatic hydroxyl groups excluding tert-OH is 1. The maximum Gasteiger partial charge on any atom is 0.178 e. The standard InChI is InChI=1S/C25H30N4O2/c1-15-22(25(31)14-28-20-6-7-23(28)24(30)12-20)11-21(10-17-8-18(27)9-17)29(15)19-4-2-16(13-26)3-5-19/h2-5,11,17-18,20,23-24,30H,6-10,12,14,27H2,1H3/t17?,18?,20?,23?,24-/m0/s1. The SMILES string of the molecule is Cc1c(C(=O)CN2C3CCC2[C@@H](O)C3)cc(CC2CC(N)C2)n1-c1ccc(C#N)cc1. The molecule has 5 rings (SSSR count). The molecule has 3 aliphatic rings. The number of nitriles is 1. The van der Waals surface area contributed by atoms with Crippen LogP contribution in [-0.4, -0.2) is 51.1 Å². The number of aliphatic hydroxyl groups is 1. The Balaban J connectivity index is 1.45. The van der Waals surface area contributed by atoms with Gasteiger partial charge in [0, 0.05) is 40.8 Å². The highest BCUT2D eigenvalue weighted by Crippen LogP contribution is 2.38. The third kappa shape index (κ3) is 3.61. The monoisotopic (exact) mass is 418 g/mol. The van der Waals surface area contributed by atoms with Gasteiger partial charge in [0.05, 0.1) is 24.3 Å². The number of carbonyl (C=O) groups is 1. The minimum Gasteiger partial charge on any atom is -0.391 e. The minimum absolute atomic E-state index is 0.127. The fourth-order valence-electron chi connectivity index (χ4n) is 5.96. The first kappa shape index (κ1) is 20.4. The van der Waals surface area contributed by atoms with E-state index in [9.17, 15) is 9.90 Å². The molecule has 2 aliphatic heterocycles. The van der Waals surface area contributed by atoms with Crippen LogP contribution in [0.15, 0.2) is 30.3 Å². The van der Waals surface area contributed by atoms with Crippen LogP contribution >= 0.6 is 0 Å². The quantitative estimate of drug-likeness (QED) is 0.704. The van der Waals surface area contributed by atoms with Gasteiger partial charge in [0.25, 0.3) is 0 Å². The van der Waals surface area contributed by atoms with Gasteiger partial charge < -0.3 is 15.4 Å². The highest BCUT2D eigenvalue weighted by Gasteiger charge is 2.46. The Morgan fingerprint density at radius 3 is 2.55 bits per heavy atom. The summed E-state index contributed by atoms with van der Waals surface area (Å²) in [6.45, 7) is 2.38. The molecule has 2 aromatic rings. The van der Waals surface area contributed by atoms with Gasteiger partial charge in [-0.1, -0.05) is 0 Å². The first-order valence-electron chi connectivity index (χ1n) is 11.4. The van der Waals surface area contributed by atoms with Gasteiger partial charge in [0.2, 0.25) is 0 Å². The number of benzene rings is 1. The summed E-state index contributed by atoms with van der Waals surface area (Å²) in [5, 5.41) is 19.4. The van der Waals surface area contributed by atoms with E-state index >= 15 is 0 Å². The number of hydrogen-bond donors (Lipinski definition) is 2. The number of nitrogens with zero attached hydrogens (tertiary/aromatic N) is 3. The van der Waals surface area contributed by atoms with Crippen molar-refractivity contribution in [1.29, 1.82) is 5.26 Å². The number of aromatic nitrogens is 1. The highest BCUT2D eigenvalue weighted by atomic mass is 16.3. The number of nitrogens with two attached hydrogens (primary N) is 1. The van der Waals surface area contributed by atoms with Crippen LogP contribution in [0.25, 0.3) is 5.69 Å². The second-order valence-corrected chi connectivity index (χ2v) is 9.63. The molecule has 1 saturated carbocycles. The topological polar surface area (TPSA) is 95.3 Å². The van der Waals surface area contributed by atoms with E-state index in [4.69, 9.17) is 11.0 Å². The number of rotatable bonds is 6. The molecule has 31 heavy (non-hydrogen) atoms. The van der Waals surface area contributed by atoms with E-state index in [0.717, 1.165) is 61.2 Å². The number of hydrogen-bond acceptors (Lipinski definition) is 5. The lowest BCUT2D eigenvalue weighted by Gasteiger charge is -2.32. The molecule has 6 heteroatoms. The molecule has 1 aromatic heterocycles. The normalized spacial score (nSPS) is 29.7. The van der Waals surface area contributed by atoms with E-state index in [1.165, 1.54) is 0 Å². The highest BCUT2D eigenvalue weighted by molar-refractivity contribution is 5.99. The molecule has 2 unspecified atom stereocenters. The lowest BCUT2D eigenvalue weighted by Crippen LogP contribution is -2.37. The summed E-state index contributed by atoms with van der Waals surface area (Å²) in [6.07, 6.45) is 5.50. The van der Waals surface area contributed by atoms with Crippen LogP contribution < -0.4 is 5.73 Å². The molecule has 1 aliphatic carbocycles. The first-order valence-corrected chi connectivity index (χ1v) is 11.4. The van der Waals surface area contributed by atoms with Crippen LogP contribution in [-0.2, 0) is 6.42 Å². The van der Waals surface area contributed by atoms with Crippen LogP contribution in [0.4, 0.5) is 0 Å². The zero-order valence-corrected chi connectivity index (χ0v) is 18.0. The number of fused-ring (bicyclic) bond motifs is 2. The molecule has 3 fully saturated rings. The van der Waals surface area contributed by atoms with Crippen molar-refractivity contribution in [2.24, 2.45) is 11.7 Å². The molecular weight excluding hydrogens is 388 g/mol. The van der Waals surface area contributed by atoms with Gasteiger partial charge in [-0.15, -0.1) is 0 Å². The summed E-state index contributed by atoms with van der Waals surface area (Å²) < 4.78 is 2.17. The van der Waals surface area contributed by atoms with Gasteiger partial charge in [-0.3, -0.25) is 9.69 Å². The van der Waals surface area contributed by atoms with Crippen molar-refractivity contribution >= 4 is 5.78 Å². The number of carbonyl (C=O) groups excluding carboxylic acids is 1. The number of ketones is 1. The van der Waals surface area contributed by atoms with E-state index in [1.807, 2.05) is 31.2 Å². The maximum absolute atomic E-state index is 13.4. The fourth-order valence-corrected chi connectivity index (χ4v) is 5.96. The van der Waals surface area contributed by atoms with E-state index < -0.39 is 0 Å². The van der Waals surface area contributed by atoms with Gasteiger partial charge >= 0.3 is 0 Å². The third-order valence-corrected chi connectivity index (χ3v) is 7.62. The molecule has 1 aromatic carbocycles. The molecule has 2 saturated heterocycles. The summed E-state index contributed by atoms with van der Waals surface area (Å²) in [6, 6.07) is 12.5. The Morgan fingerprint density at radius 2 is 1.97 bits per heavy atom. The zero-order valence-electron chi connectivity index (χ0n) is 18.0. The maximum atomic E-state index is 13.4. The van der Waals surface area contributed by atoms with Crippen molar-refractivity contribution in [2.45, 2.75) is 69.7 Å². The molecule has 0 amide bonds. The predicted molar refractivity (Wildman–Crippen MR) is 118 cm³/mol. The largest absolute Gasteiger partial charge is 0.391 e. The molecule has 0 spiro atoms. The summed E-state index contributed by atoms with van der Waals surface area (Å²) >= 11 is 0. The van der Waals surface area contributed by atoms with Gasteiger partial charge in [-0.05, 0) is 81.7 Å². The van der Waals surface area contributed by atoms with Crippen molar-refractivity contribution in [1.82, 2.24) is 9.47 Å². The second kappa shape index (κ2) is 7.90. The van der Waals surface area contributed by atoms with Crippen LogP contribution in [0.5, 0.6) is 0 Å². The molecule has 6 nitrogen and oxygen atoms in total. The third-order valence-electron chi connectivity index (χ3n) is 7.62. The molecule has 3 N–H and O–H groups in total. The molecule has 3 atom stereocenters. The lowest BCUT2D eigenvalue weighted by molar-refractivity contribution is 0.0873. The van der Waals surface area contributed by atoms with Crippen LogP contribution in [0.2, 0.25) is 0 Å². The Hall–Kier alpha value is -2.46. The molecule has 3 heterocycles. The predicted octanol–water partition coefficient (Wildman–Crippen LogP) is 2.72. The minimum atomic E-state index is -0.297. The zero-order chi connectivity index (χ0) is 21.7. The summed E-state index contributed by atoms with van der Waals surface area (Å²) in [4.78, 5) is 15.6. The van der Waals surface area contributed by atoms with Crippen LogP contribution in [0.3, 0.4) is 0 Å². The summed E-state index contributed by atoms with van der Waals surface area (Å²) in [7, 11) is 0. The van der Waals surface area contributed by atoms with Crippen molar-refractivity contribution in [3.05, 3.63) is 52.8 Å². The average molecular weight is 419 g/mol. The molecule has 162 valence electrons. The molecule has 2 bridgehead atoms. The van der Waals surface area contributed by atoms with Gasteiger partial charge in [0.1, 0.15) is 0 Å². The Morgan fingerprint density at radius 1 is 1.23 bits per heavy atom. The fraction of sp³-hybridized carbons (Fsp3) is 0.520. The molecule has 0 radical (unpaired) electrons. The second-order valence-electron chi connectivity index (χ2n) is 9.63. The lowest BCUT2D eigenvalue weighted by atomic mass is 9.78. The van der Waals surface area contributed by atoms with E-state index in [-0.39, 0.29) is 17.9 Å². The van der Waals surface area contributed by atoms with E-state index in [1.54, 1.807) is 0 Å². The van der Waals surface area contributed by atoms with Gasteiger partial charge in [-0.2, -0.15) is 5.26 Å². The van der Waals surface area contributed by atoms with Crippen molar-refractivity contribution in [2.75, 3.05) is 6.54 Å². The van der Waals surface area contributed by atoms with Crippen LogP contribution in [0, 0.1) is 24.2 Å². The van der Waals surface area contributed by atoms with E-state index in [0.29, 0.717) is 30.1 Å². The van der Waals surface area contributed by atoms with Gasteiger partial charge in [-0.25, -0.2) is 0 Å². The summed E-state index contributed by atoms with van der Waals surface area (Å²) in [5.41, 5.74) is 10.4. The Labute approximate surface area is 183 Å². The molecular formula is C25H30N4O2. The first-order chi connectivity index (χ1) is 14.9.